The fourth-order valence-electron chi connectivity index (χ4n) is 3.19. The molecule has 1 heteroatoms. The molecule has 1 aliphatic carbocycles. The first-order valence-electron chi connectivity index (χ1n) is 6.54. The molecule has 1 aromatic heterocycles. The van der Waals surface area contributed by atoms with Crippen molar-refractivity contribution >= 4 is 0 Å². The number of para-hydroxylation sites is 1. The third-order valence-electron chi connectivity index (χ3n) is 4.03. The van der Waals surface area contributed by atoms with Gasteiger partial charge < -0.3 is 4.57 Å². The quantitative estimate of drug-likeness (QED) is 0.692. The van der Waals surface area contributed by atoms with E-state index < -0.39 is 0 Å². The molecule has 0 aliphatic heterocycles. The second kappa shape index (κ2) is 4.06. The van der Waals surface area contributed by atoms with Crippen LogP contribution in [-0.4, -0.2) is 4.57 Å². The predicted octanol–water partition coefficient (Wildman–Crippen LogP) is 3.97. The normalized spacial score (nSPS) is 14.7. The molecule has 2 aromatic rings. The average Bonchev–Trinajstić information content (AvgIpc) is 2.64. The molecule has 0 atom stereocenters. The van der Waals surface area contributed by atoms with Crippen molar-refractivity contribution in [3.8, 4) is 5.69 Å². The number of hydrogen-bond acceptors (Lipinski definition) is 0. The maximum absolute atomic E-state index is 2.43. The van der Waals surface area contributed by atoms with E-state index in [-0.39, 0.29) is 0 Å². The first kappa shape index (κ1) is 10.6. The Kier molecular flexibility index (Phi) is 2.54. The lowest BCUT2D eigenvalue weighted by atomic mass is 9.92. The van der Waals surface area contributed by atoms with Crippen LogP contribution in [0.1, 0.15) is 35.4 Å². The summed E-state index contributed by atoms with van der Waals surface area (Å²) in [5.41, 5.74) is 7.42. The molecular formula is C16H19N. The van der Waals surface area contributed by atoms with Crippen molar-refractivity contribution in [3.63, 3.8) is 0 Å². The minimum atomic E-state index is 1.27. The first-order chi connectivity index (χ1) is 8.29. The van der Waals surface area contributed by atoms with Crippen LogP contribution >= 0.6 is 0 Å². The van der Waals surface area contributed by atoms with Gasteiger partial charge >= 0.3 is 0 Å². The van der Waals surface area contributed by atoms with Gasteiger partial charge in [0.15, 0.2) is 0 Å². The van der Waals surface area contributed by atoms with E-state index in [0.717, 1.165) is 0 Å². The fraction of sp³-hybridized carbons (Fsp3) is 0.375. The summed E-state index contributed by atoms with van der Waals surface area (Å²) in [5.74, 6) is 0. The Morgan fingerprint density at radius 1 is 0.824 bits per heavy atom. The van der Waals surface area contributed by atoms with Gasteiger partial charge in [-0.2, -0.15) is 0 Å². The Bertz CT molecular complexity index is 505. The second-order valence-electron chi connectivity index (χ2n) is 5.01. The lowest BCUT2D eigenvalue weighted by molar-refractivity contribution is 0.685. The number of hydrogen-bond donors (Lipinski definition) is 0. The Labute approximate surface area is 103 Å². The van der Waals surface area contributed by atoms with Gasteiger partial charge in [0.25, 0.3) is 0 Å². The van der Waals surface area contributed by atoms with E-state index in [1.54, 1.807) is 11.1 Å². The van der Waals surface area contributed by atoms with Crippen LogP contribution in [0.2, 0.25) is 0 Å². The molecule has 0 saturated carbocycles. The van der Waals surface area contributed by atoms with Gasteiger partial charge in [0, 0.05) is 17.1 Å². The smallest absolute Gasteiger partial charge is 0.0455 e. The van der Waals surface area contributed by atoms with Crippen molar-refractivity contribution in [3.05, 3.63) is 52.8 Å². The summed E-state index contributed by atoms with van der Waals surface area (Å²) >= 11 is 0. The Balaban J connectivity index is 2.21. The van der Waals surface area contributed by atoms with E-state index in [1.165, 1.54) is 42.8 Å². The van der Waals surface area contributed by atoms with E-state index >= 15 is 0 Å². The molecule has 1 aromatic carbocycles. The molecule has 1 nitrogen and oxygen atoms in total. The summed E-state index contributed by atoms with van der Waals surface area (Å²) in [4.78, 5) is 0. The molecule has 0 unspecified atom stereocenters. The van der Waals surface area contributed by atoms with Crippen LogP contribution in [0.15, 0.2) is 30.3 Å². The maximum atomic E-state index is 2.43. The summed E-state index contributed by atoms with van der Waals surface area (Å²) in [6.45, 7) is 4.54. The fourth-order valence-corrected chi connectivity index (χ4v) is 3.19. The van der Waals surface area contributed by atoms with Crippen LogP contribution in [0.5, 0.6) is 0 Å². The topological polar surface area (TPSA) is 4.93 Å². The molecule has 0 N–H and O–H groups in total. The van der Waals surface area contributed by atoms with Crippen molar-refractivity contribution in [2.24, 2.45) is 0 Å². The van der Waals surface area contributed by atoms with Crippen molar-refractivity contribution in [2.75, 3.05) is 0 Å². The van der Waals surface area contributed by atoms with Crippen molar-refractivity contribution in [1.29, 1.82) is 0 Å². The molecule has 88 valence electrons. The Morgan fingerprint density at radius 2 is 1.35 bits per heavy atom. The molecule has 0 radical (unpaired) electrons. The van der Waals surface area contributed by atoms with E-state index in [2.05, 4.69) is 48.7 Å². The van der Waals surface area contributed by atoms with Crippen LogP contribution in [0.3, 0.4) is 0 Å². The van der Waals surface area contributed by atoms with Crippen LogP contribution in [-0.2, 0) is 12.8 Å². The zero-order valence-corrected chi connectivity index (χ0v) is 10.7. The largest absolute Gasteiger partial charge is 0.318 e. The van der Waals surface area contributed by atoms with Crippen molar-refractivity contribution in [2.45, 2.75) is 39.5 Å². The van der Waals surface area contributed by atoms with Gasteiger partial charge in [-0.3, -0.25) is 0 Å². The minimum absolute atomic E-state index is 1.27. The molecule has 3 rings (SSSR count). The van der Waals surface area contributed by atoms with Gasteiger partial charge in [-0.15, -0.1) is 0 Å². The van der Waals surface area contributed by atoms with E-state index in [4.69, 9.17) is 0 Å². The molecular weight excluding hydrogens is 206 g/mol. The van der Waals surface area contributed by atoms with Gasteiger partial charge in [-0.1, -0.05) is 18.2 Å². The SMILES string of the molecule is Cc1c2c(c(C)n1-c1ccccc1)CCCC2. The maximum Gasteiger partial charge on any atom is 0.0455 e. The highest BCUT2D eigenvalue weighted by molar-refractivity contribution is 5.47. The number of rotatable bonds is 1. The highest BCUT2D eigenvalue weighted by Gasteiger charge is 2.20. The second-order valence-corrected chi connectivity index (χ2v) is 5.01. The average molecular weight is 225 g/mol. The third-order valence-corrected chi connectivity index (χ3v) is 4.03. The Hall–Kier alpha value is -1.50. The predicted molar refractivity (Wildman–Crippen MR) is 71.9 cm³/mol. The van der Waals surface area contributed by atoms with Crippen molar-refractivity contribution < 1.29 is 0 Å². The van der Waals surface area contributed by atoms with E-state index in [9.17, 15) is 0 Å². The van der Waals surface area contributed by atoms with Gasteiger partial charge in [-0.25, -0.2) is 0 Å². The van der Waals surface area contributed by atoms with E-state index in [0.29, 0.717) is 0 Å². The molecule has 0 amide bonds. The van der Waals surface area contributed by atoms with Gasteiger partial charge in [0.2, 0.25) is 0 Å². The van der Waals surface area contributed by atoms with Crippen LogP contribution < -0.4 is 0 Å². The highest BCUT2D eigenvalue weighted by Crippen LogP contribution is 2.31. The number of benzene rings is 1. The molecule has 0 fully saturated rings. The summed E-state index contributed by atoms with van der Waals surface area (Å²) in [6.07, 6.45) is 5.24. The zero-order valence-electron chi connectivity index (χ0n) is 10.7. The number of aromatic nitrogens is 1. The lowest BCUT2D eigenvalue weighted by Gasteiger charge is -2.11. The highest BCUT2D eigenvalue weighted by atomic mass is 15.0. The molecule has 0 spiro atoms. The lowest BCUT2D eigenvalue weighted by Crippen LogP contribution is -2.00. The summed E-state index contributed by atoms with van der Waals surface area (Å²) in [5, 5.41) is 0. The number of fused-ring (bicyclic) bond motifs is 1. The van der Waals surface area contributed by atoms with Gasteiger partial charge in [-0.05, 0) is 62.8 Å². The van der Waals surface area contributed by atoms with E-state index in [1.807, 2.05) is 0 Å². The summed E-state index contributed by atoms with van der Waals surface area (Å²) in [7, 11) is 0. The standard InChI is InChI=1S/C16H19N/c1-12-15-10-6-7-11-16(15)13(2)17(12)14-8-4-3-5-9-14/h3-5,8-9H,6-7,10-11H2,1-2H3. The van der Waals surface area contributed by atoms with Crippen LogP contribution in [0.25, 0.3) is 5.69 Å². The van der Waals surface area contributed by atoms with Crippen molar-refractivity contribution in [1.82, 2.24) is 4.57 Å². The molecule has 17 heavy (non-hydrogen) atoms. The monoisotopic (exact) mass is 225 g/mol. The molecule has 0 saturated heterocycles. The summed E-state index contributed by atoms with van der Waals surface area (Å²) in [6, 6.07) is 10.7. The molecule has 1 aliphatic rings. The van der Waals surface area contributed by atoms with Gasteiger partial charge in [0.05, 0.1) is 0 Å². The van der Waals surface area contributed by atoms with Crippen LogP contribution in [0, 0.1) is 13.8 Å². The van der Waals surface area contributed by atoms with Gasteiger partial charge in [0.1, 0.15) is 0 Å². The minimum Gasteiger partial charge on any atom is -0.318 e. The zero-order chi connectivity index (χ0) is 11.8. The summed E-state index contributed by atoms with van der Waals surface area (Å²) < 4.78 is 2.43. The Morgan fingerprint density at radius 3 is 1.88 bits per heavy atom. The van der Waals surface area contributed by atoms with Crippen LogP contribution in [0.4, 0.5) is 0 Å². The first-order valence-corrected chi connectivity index (χ1v) is 6.54. The third kappa shape index (κ3) is 1.61. The molecule has 0 bridgehead atoms. The molecule has 1 heterocycles. The number of nitrogens with zero attached hydrogens (tertiary/aromatic N) is 1.